The fourth-order valence-corrected chi connectivity index (χ4v) is 4.69. The summed E-state index contributed by atoms with van der Waals surface area (Å²) in [5.74, 6) is 0.749. The van der Waals surface area contributed by atoms with Crippen molar-refractivity contribution in [3.8, 4) is 0 Å². The second-order valence-electron chi connectivity index (χ2n) is 8.41. The van der Waals surface area contributed by atoms with Crippen LogP contribution in [-0.4, -0.2) is 48.8 Å². The molecule has 0 bridgehead atoms. The van der Waals surface area contributed by atoms with Crippen molar-refractivity contribution in [1.29, 1.82) is 0 Å². The minimum Gasteiger partial charge on any atom is -0.356 e. The zero-order chi connectivity index (χ0) is 23.5. The zero-order valence-electron chi connectivity index (χ0n) is 19.5. The van der Waals surface area contributed by atoms with E-state index in [4.69, 9.17) is 0 Å². The average molecular weight is 457 g/mol. The monoisotopic (exact) mass is 456 g/mol. The van der Waals surface area contributed by atoms with E-state index in [0.29, 0.717) is 24.9 Å². The number of nitrogens with zero attached hydrogens (tertiary/aromatic N) is 3. The van der Waals surface area contributed by atoms with Gasteiger partial charge in [-0.15, -0.1) is 0 Å². The average Bonchev–Trinajstić information content (AvgIpc) is 3.05. The maximum atomic E-state index is 12.4. The Kier molecular flexibility index (Phi) is 7.36. The third-order valence-electron chi connectivity index (χ3n) is 5.74. The van der Waals surface area contributed by atoms with Crippen molar-refractivity contribution in [1.82, 2.24) is 19.2 Å². The lowest BCUT2D eigenvalue weighted by Gasteiger charge is -2.10. The first-order valence-corrected chi connectivity index (χ1v) is 12.2. The highest BCUT2D eigenvalue weighted by Gasteiger charge is 2.19. The van der Waals surface area contributed by atoms with Gasteiger partial charge in [0, 0.05) is 40.5 Å². The smallest absolute Gasteiger partial charge is 0.242 e. The second-order valence-corrected chi connectivity index (χ2v) is 10.6. The molecule has 0 atom stereocenters. The molecule has 2 aromatic carbocycles. The molecule has 0 unspecified atom stereocenters. The van der Waals surface area contributed by atoms with Crippen LogP contribution in [0, 0.1) is 13.8 Å². The Labute approximate surface area is 190 Å². The molecule has 3 aromatic rings. The van der Waals surface area contributed by atoms with Gasteiger partial charge in [0.25, 0.3) is 0 Å². The predicted octanol–water partition coefficient (Wildman–Crippen LogP) is 3.12. The number of aromatic nitrogens is 2. The third-order valence-corrected chi connectivity index (χ3v) is 7.55. The van der Waals surface area contributed by atoms with Crippen LogP contribution >= 0.6 is 0 Å². The Morgan fingerprint density at radius 1 is 1.09 bits per heavy atom. The Balaban J connectivity index is 1.55. The Hall–Kier alpha value is -2.71. The van der Waals surface area contributed by atoms with Crippen LogP contribution in [-0.2, 0) is 34.7 Å². The van der Waals surface area contributed by atoms with Gasteiger partial charge in [0.05, 0.1) is 15.9 Å². The molecule has 32 heavy (non-hydrogen) atoms. The molecule has 0 spiro atoms. The van der Waals surface area contributed by atoms with Crippen LogP contribution in [0.15, 0.2) is 41.3 Å². The van der Waals surface area contributed by atoms with Crippen LogP contribution in [0.5, 0.6) is 0 Å². The van der Waals surface area contributed by atoms with Gasteiger partial charge in [-0.25, -0.2) is 17.7 Å². The summed E-state index contributed by atoms with van der Waals surface area (Å²) in [5, 5.41) is 2.99. The van der Waals surface area contributed by atoms with Gasteiger partial charge < -0.3 is 9.88 Å². The summed E-state index contributed by atoms with van der Waals surface area (Å²) in [6.45, 7) is 4.85. The molecule has 1 amide bonds. The van der Waals surface area contributed by atoms with Crippen molar-refractivity contribution >= 4 is 27.0 Å². The number of hydrogen-bond donors (Lipinski definition) is 1. The van der Waals surface area contributed by atoms with E-state index < -0.39 is 10.0 Å². The molecule has 172 valence electrons. The van der Waals surface area contributed by atoms with Crippen molar-refractivity contribution in [2.45, 2.75) is 44.4 Å². The van der Waals surface area contributed by atoms with Gasteiger partial charge in [0.2, 0.25) is 15.9 Å². The van der Waals surface area contributed by atoms with Crippen molar-refractivity contribution in [2.75, 3.05) is 20.6 Å². The van der Waals surface area contributed by atoms with Crippen molar-refractivity contribution in [2.24, 2.45) is 7.05 Å². The van der Waals surface area contributed by atoms with E-state index >= 15 is 0 Å². The highest BCUT2D eigenvalue weighted by Crippen LogP contribution is 2.22. The minimum atomic E-state index is -3.52. The molecular weight excluding hydrogens is 424 g/mol. The van der Waals surface area contributed by atoms with Crippen LogP contribution in [0.4, 0.5) is 0 Å². The summed E-state index contributed by atoms with van der Waals surface area (Å²) in [6, 6.07) is 11.4. The molecule has 0 aliphatic rings. The van der Waals surface area contributed by atoms with E-state index in [0.717, 1.165) is 24.2 Å². The first-order chi connectivity index (χ1) is 15.1. The minimum absolute atomic E-state index is 0.00596. The predicted molar refractivity (Wildman–Crippen MR) is 127 cm³/mol. The van der Waals surface area contributed by atoms with Crippen LogP contribution in [0.2, 0.25) is 0 Å². The molecule has 0 saturated heterocycles. The van der Waals surface area contributed by atoms with Crippen LogP contribution in [0.1, 0.15) is 35.4 Å². The molecule has 0 fully saturated rings. The number of carbonyl (C=O) groups is 1. The number of fused-ring (bicyclic) bond motifs is 1. The zero-order valence-corrected chi connectivity index (χ0v) is 20.3. The summed E-state index contributed by atoms with van der Waals surface area (Å²) in [7, 11) is 1.37. The molecule has 0 radical (unpaired) electrons. The SMILES string of the molecule is Cc1ccc(CCCNC(=O)CCc2nc3cc(S(=O)(=O)N(C)C)ccc3n2C)c(C)c1. The third kappa shape index (κ3) is 5.37. The molecule has 0 aliphatic carbocycles. The van der Waals surface area contributed by atoms with Gasteiger partial charge in [-0.05, 0) is 56.0 Å². The van der Waals surface area contributed by atoms with Crippen molar-refractivity contribution in [3.05, 3.63) is 58.9 Å². The molecule has 0 aliphatic heterocycles. The molecule has 1 aromatic heterocycles. The van der Waals surface area contributed by atoms with E-state index in [2.05, 4.69) is 42.3 Å². The van der Waals surface area contributed by atoms with E-state index in [1.165, 1.54) is 35.1 Å². The van der Waals surface area contributed by atoms with E-state index in [-0.39, 0.29) is 10.8 Å². The number of nitrogens with one attached hydrogen (secondary N) is 1. The number of aryl methyl sites for hydroxylation is 5. The Morgan fingerprint density at radius 2 is 1.84 bits per heavy atom. The lowest BCUT2D eigenvalue weighted by Crippen LogP contribution is -2.25. The van der Waals surface area contributed by atoms with Crippen LogP contribution in [0.25, 0.3) is 11.0 Å². The van der Waals surface area contributed by atoms with Crippen molar-refractivity contribution in [3.63, 3.8) is 0 Å². The summed E-state index contributed by atoms with van der Waals surface area (Å²) in [5.41, 5.74) is 5.32. The summed E-state index contributed by atoms with van der Waals surface area (Å²) >= 11 is 0. The number of hydrogen-bond acceptors (Lipinski definition) is 4. The number of rotatable bonds is 9. The number of imidazole rings is 1. The van der Waals surface area contributed by atoms with E-state index in [1.54, 1.807) is 18.2 Å². The normalized spacial score (nSPS) is 11.9. The highest BCUT2D eigenvalue weighted by atomic mass is 32.2. The number of amides is 1. The van der Waals surface area contributed by atoms with Gasteiger partial charge in [0.15, 0.2) is 0 Å². The largest absolute Gasteiger partial charge is 0.356 e. The van der Waals surface area contributed by atoms with Gasteiger partial charge in [-0.1, -0.05) is 23.8 Å². The fourth-order valence-electron chi connectivity index (χ4n) is 3.77. The molecule has 3 rings (SSSR count). The first-order valence-electron chi connectivity index (χ1n) is 10.8. The lowest BCUT2D eigenvalue weighted by molar-refractivity contribution is -0.121. The van der Waals surface area contributed by atoms with E-state index in [9.17, 15) is 13.2 Å². The van der Waals surface area contributed by atoms with Crippen LogP contribution in [0.3, 0.4) is 0 Å². The Morgan fingerprint density at radius 3 is 2.53 bits per heavy atom. The lowest BCUT2D eigenvalue weighted by atomic mass is 10.0. The fraction of sp³-hybridized carbons (Fsp3) is 0.417. The quantitative estimate of drug-likeness (QED) is 0.502. The summed E-state index contributed by atoms with van der Waals surface area (Å²) in [6.07, 6.45) is 2.66. The highest BCUT2D eigenvalue weighted by molar-refractivity contribution is 7.89. The van der Waals surface area contributed by atoms with Gasteiger partial charge in [-0.3, -0.25) is 4.79 Å². The first kappa shape index (κ1) is 23.9. The molecule has 1 N–H and O–H groups in total. The second kappa shape index (κ2) is 9.83. The maximum absolute atomic E-state index is 12.4. The topological polar surface area (TPSA) is 84.3 Å². The van der Waals surface area contributed by atoms with Gasteiger partial charge in [-0.2, -0.15) is 0 Å². The Bertz CT molecular complexity index is 1230. The molecule has 0 saturated carbocycles. The van der Waals surface area contributed by atoms with Gasteiger partial charge >= 0.3 is 0 Å². The summed E-state index contributed by atoms with van der Waals surface area (Å²) in [4.78, 5) is 17.1. The van der Waals surface area contributed by atoms with Gasteiger partial charge in [0.1, 0.15) is 5.82 Å². The molecular formula is C24H32N4O3S. The van der Waals surface area contributed by atoms with Crippen molar-refractivity contribution < 1.29 is 13.2 Å². The molecule has 7 nitrogen and oxygen atoms in total. The maximum Gasteiger partial charge on any atom is 0.242 e. The molecule has 1 heterocycles. The van der Waals surface area contributed by atoms with Crippen LogP contribution < -0.4 is 5.32 Å². The molecule has 8 heteroatoms. The number of sulfonamides is 1. The number of carbonyl (C=O) groups excluding carboxylic acids is 1. The van der Waals surface area contributed by atoms with E-state index in [1.807, 2.05) is 11.6 Å². The summed E-state index contributed by atoms with van der Waals surface area (Å²) < 4.78 is 27.8. The number of benzene rings is 2. The standard InChI is InChI=1S/C24H32N4O3S/c1-17-8-9-19(18(2)15-17)7-6-14-25-24(29)13-12-23-26-21-16-20(32(30,31)27(3)4)10-11-22(21)28(23)5/h8-11,15-16H,6-7,12-14H2,1-5H3,(H,25,29).